The zero-order chi connectivity index (χ0) is 19.5. The predicted molar refractivity (Wildman–Crippen MR) is 101 cm³/mol. The zero-order valence-electron chi connectivity index (χ0n) is 15.9. The predicted octanol–water partition coefficient (Wildman–Crippen LogP) is 3.68. The smallest absolute Gasteiger partial charge is 0.410 e. The Hall–Kier alpha value is -2.41. The summed E-state index contributed by atoms with van der Waals surface area (Å²) in [5.74, 6) is 0. The largest absolute Gasteiger partial charge is 0.444 e. The Morgan fingerprint density at radius 3 is 2.65 bits per heavy atom. The average molecular weight is 361 g/mol. The molecule has 7 heteroatoms. The molecule has 1 aliphatic heterocycles. The maximum Gasteiger partial charge on any atom is 0.410 e. The number of nitro groups is 1. The molecule has 0 N–H and O–H groups in total. The standard InChI is InChI=1S/C19H27N3O4/c1-6-16-15(8-7-9-17(16)22(24)25)13-20-10-11-21(14(2)12-20)18(23)26-19(3,4)5/h6-9,14H,1,10-13H2,2-5H3/t14-/m0/s1. The van der Waals surface area contributed by atoms with Gasteiger partial charge in [0.15, 0.2) is 0 Å². The quantitative estimate of drug-likeness (QED) is 0.604. The molecule has 0 spiro atoms. The molecule has 1 atom stereocenters. The van der Waals surface area contributed by atoms with Crippen molar-refractivity contribution < 1.29 is 14.5 Å². The maximum atomic E-state index is 12.3. The Morgan fingerprint density at radius 1 is 1.42 bits per heavy atom. The number of nitro benzene ring substituents is 1. The van der Waals surface area contributed by atoms with Crippen LogP contribution in [0.15, 0.2) is 24.8 Å². The highest BCUT2D eigenvalue weighted by Crippen LogP contribution is 2.25. The molecule has 2 rings (SSSR count). The maximum absolute atomic E-state index is 12.3. The van der Waals surface area contributed by atoms with E-state index in [-0.39, 0.29) is 22.7 Å². The fourth-order valence-electron chi connectivity index (χ4n) is 3.14. The third kappa shape index (κ3) is 4.82. The van der Waals surface area contributed by atoms with E-state index in [1.165, 1.54) is 12.1 Å². The van der Waals surface area contributed by atoms with Crippen molar-refractivity contribution in [3.8, 4) is 0 Å². The highest BCUT2D eigenvalue weighted by molar-refractivity contribution is 5.68. The van der Waals surface area contributed by atoms with Crippen LogP contribution in [0, 0.1) is 10.1 Å². The average Bonchev–Trinajstić information content (AvgIpc) is 2.52. The lowest BCUT2D eigenvalue weighted by Crippen LogP contribution is -2.54. The number of piperazine rings is 1. The van der Waals surface area contributed by atoms with Crippen molar-refractivity contribution in [2.24, 2.45) is 0 Å². The molecule has 0 aliphatic carbocycles. The van der Waals surface area contributed by atoms with Gasteiger partial charge in [0.25, 0.3) is 5.69 Å². The summed E-state index contributed by atoms with van der Waals surface area (Å²) < 4.78 is 5.46. The molecule has 1 heterocycles. The van der Waals surface area contributed by atoms with Crippen LogP contribution >= 0.6 is 0 Å². The molecule has 1 saturated heterocycles. The van der Waals surface area contributed by atoms with Crippen LogP contribution in [0.4, 0.5) is 10.5 Å². The summed E-state index contributed by atoms with van der Waals surface area (Å²) in [4.78, 5) is 27.0. The van der Waals surface area contributed by atoms with Gasteiger partial charge in [0.05, 0.1) is 10.5 Å². The molecule has 0 radical (unpaired) electrons. The first-order chi connectivity index (χ1) is 12.1. The molecule has 1 aliphatic rings. The highest BCUT2D eigenvalue weighted by Gasteiger charge is 2.31. The van der Waals surface area contributed by atoms with Crippen molar-refractivity contribution in [2.75, 3.05) is 19.6 Å². The van der Waals surface area contributed by atoms with E-state index >= 15 is 0 Å². The van der Waals surface area contributed by atoms with Crippen molar-refractivity contribution in [3.63, 3.8) is 0 Å². The molecule has 1 fully saturated rings. The van der Waals surface area contributed by atoms with E-state index in [0.29, 0.717) is 31.7 Å². The van der Waals surface area contributed by atoms with Crippen molar-refractivity contribution >= 4 is 17.9 Å². The first-order valence-corrected chi connectivity index (χ1v) is 8.73. The molecular formula is C19H27N3O4. The van der Waals surface area contributed by atoms with Crippen LogP contribution < -0.4 is 0 Å². The summed E-state index contributed by atoms with van der Waals surface area (Å²) in [6.07, 6.45) is 1.24. The van der Waals surface area contributed by atoms with Gasteiger partial charge < -0.3 is 9.64 Å². The van der Waals surface area contributed by atoms with Crippen LogP contribution in [-0.4, -0.2) is 52.1 Å². The minimum atomic E-state index is -0.518. The van der Waals surface area contributed by atoms with Gasteiger partial charge in [-0.3, -0.25) is 15.0 Å². The Labute approximate surface area is 154 Å². The number of nitrogens with zero attached hydrogens (tertiary/aromatic N) is 3. The number of benzene rings is 1. The fraction of sp³-hybridized carbons (Fsp3) is 0.526. The van der Waals surface area contributed by atoms with E-state index in [1.54, 1.807) is 11.0 Å². The van der Waals surface area contributed by atoms with Crippen molar-refractivity contribution in [1.82, 2.24) is 9.80 Å². The molecule has 0 unspecified atom stereocenters. The van der Waals surface area contributed by atoms with E-state index in [1.807, 2.05) is 33.8 Å². The Balaban J connectivity index is 2.06. The lowest BCUT2D eigenvalue weighted by Gasteiger charge is -2.40. The second kappa shape index (κ2) is 7.86. The summed E-state index contributed by atoms with van der Waals surface area (Å²) in [6, 6.07) is 5.07. The van der Waals surface area contributed by atoms with Crippen LogP contribution in [0.25, 0.3) is 6.08 Å². The topological polar surface area (TPSA) is 75.9 Å². The molecule has 0 bridgehead atoms. The first kappa shape index (κ1) is 19.9. The third-order valence-corrected chi connectivity index (χ3v) is 4.31. The number of carbonyl (C=O) groups excluding carboxylic acids is 1. The summed E-state index contributed by atoms with van der Waals surface area (Å²) in [6.45, 7) is 13.8. The number of amides is 1. The zero-order valence-corrected chi connectivity index (χ0v) is 15.9. The fourth-order valence-corrected chi connectivity index (χ4v) is 3.14. The van der Waals surface area contributed by atoms with Crippen LogP contribution in [0.3, 0.4) is 0 Å². The Kier molecular flexibility index (Phi) is 6.02. The van der Waals surface area contributed by atoms with Crippen molar-refractivity contribution in [2.45, 2.75) is 45.9 Å². The molecule has 1 aromatic rings. The summed E-state index contributed by atoms with van der Waals surface area (Å²) >= 11 is 0. The van der Waals surface area contributed by atoms with Crippen molar-refractivity contribution in [1.29, 1.82) is 0 Å². The third-order valence-electron chi connectivity index (χ3n) is 4.31. The van der Waals surface area contributed by atoms with E-state index in [9.17, 15) is 14.9 Å². The Bertz CT molecular complexity index is 697. The van der Waals surface area contributed by atoms with Crippen molar-refractivity contribution in [3.05, 3.63) is 46.0 Å². The van der Waals surface area contributed by atoms with Gasteiger partial charge in [0, 0.05) is 38.3 Å². The summed E-state index contributed by atoms with van der Waals surface area (Å²) in [5, 5.41) is 11.2. The lowest BCUT2D eigenvalue weighted by molar-refractivity contribution is -0.385. The molecule has 0 aromatic heterocycles. The van der Waals surface area contributed by atoms with Gasteiger partial charge >= 0.3 is 6.09 Å². The lowest BCUT2D eigenvalue weighted by atomic mass is 10.0. The minimum Gasteiger partial charge on any atom is -0.444 e. The number of hydrogen-bond donors (Lipinski definition) is 0. The molecule has 7 nitrogen and oxygen atoms in total. The summed E-state index contributed by atoms with van der Waals surface area (Å²) in [5.41, 5.74) is 0.972. The molecule has 26 heavy (non-hydrogen) atoms. The van der Waals surface area contributed by atoms with Crippen LogP contribution in [0.1, 0.15) is 38.8 Å². The molecular weight excluding hydrogens is 334 g/mol. The first-order valence-electron chi connectivity index (χ1n) is 8.73. The van der Waals surface area contributed by atoms with Gasteiger partial charge in [-0.1, -0.05) is 24.8 Å². The van der Waals surface area contributed by atoms with E-state index < -0.39 is 5.60 Å². The van der Waals surface area contributed by atoms with E-state index in [4.69, 9.17) is 4.74 Å². The number of rotatable bonds is 4. The molecule has 1 amide bonds. The van der Waals surface area contributed by atoms with Crippen LogP contribution in [0.2, 0.25) is 0 Å². The van der Waals surface area contributed by atoms with Gasteiger partial charge in [-0.05, 0) is 33.3 Å². The highest BCUT2D eigenvalue weighted by atomic mass is 16.6. The monoisotopic (exact) mass is 361 g/mol. The number of carbonyl (C=O) groups is 1. The van der Waals surface area contributed by atoms with Gasteiger partial charge in [-0.25, -0.2) is 4.79 Å². The molecule has 142 valence electrons. The van der Waals surface area contributed by atoms with Gasteiger partial charge in [-0.2, -0.15) is 0 Å². The molecule has 1 aromatic carbocycles. The van der Waals surface area contributed by atoms with E-state index in [2.05, 4.69) is 11.5 Å². The second-order valence-electron chi connectivity index (χ2n) is 7.57. The summed E-state index contributed by atoms with van der Waals surface area (Å²) in [7, 11) is 0. The normalized spacial score (nSPS) is 18.5. The molecule has 0 saturated carbocycles. The number of ether oxygens (including phenoxy) is 1. The van der Waals surface area contributed by atoms with E-state index in [0.717, 1.165) is 5.56 Å². The minimum absolute atomic E-state index is 0.00415. The van der Waals surface area contributed by atoms with Crippen LogP contribution in [0.5, 0.6) is 0 Å². The second-order valence-corrected chi connectivity index (χ2v) is 7.57. The van der Waals surface area contributed by atoms with Gasteiger partial charge in [-0.15, -0.1) is 0 Å². The van der Waals surface area contributed by atoms with Gasteiger partial charge in [0.2, 0.25) is 0 Å². The Morgan fingerprint density at radius 2 is 2.12 bits per heavy atom. The van der Waals surface area contributed by atoms with Crippen LogP contribution in [-0.2, 0) is 11.3 Å². The number of hydrogen-bond acceptors (Lipinski definition) is 5. The SMILES string of the molecule is C=Cc1c(CN2CCN(C(=O)OC(C)(C)C)[C@@H](C)C2)cccc1[N+](=O)[O-]. The van der Waals surface area contributed by atoms with Gasteiger partial charge in [0.1, 0.15) is 5.60 Å².